The number of nitrogens with zero attached hydrogens (tertiary/aromatic N) is 2. The Bertz CT molecular complexity index is 1020. The molecule has 0 radical (unpaired) electrons. The summed E-state index contributed by atoms with van der Waals surface area (Å²) in [6.45, 7) is 4.23. The highest BCUT2D eigenvalue weighted by molar-refractivity contribution is 5.97. The Kier molecular flexibility index (Phi) is 2.76. The van der Waals surface area contributed by atoms with E-state index in [4.69, 9.17) is 4.98 Å². The van der Waals surface area contributed by atoms with Gasteiger partial charge < -0.3 is 0 Å². The Morgan fingerprint density at radius 1 is 1.00 bits per heavy atom. The van der Waals surface area contributed by atoms with Gasteiger partial charge in [-0.15, -0.1) is 0 Å². The summed E-state index contributed by atoms with van der Waals surface area (Å²) in [5, 5.41) is 1.11. The van der Waals surface area contributed by atoms with Gasteiger partial charge in [-0.25, -0.2) is 4.98 Å². The summed E-state index contributed by atoms with van der Waals surface area (Å²) in [5.74, 6) is 1.02. The third-order valence-corrected chi connectivity index (χ3v) is 4.14. The fourth-order valence-corrected chi connectivity index (χ4v) is 3.11. The van der Waals surface area contributed by atoms with Gasteiger partial charge in [0.15, 0.2) is 0 Å². The van der Waals surface area contributed by atoms with E-state index >= 15 is 0 Å². The van der Waals surface area contributed by atoms with Crippen molar-refractivity contribution in [1.82, 2.24) is 9.38 Å². The first-order valence-electron chi connectivity index (χ1n) is 7.50. The van der Waals surface area contributed by atoms with Crippen molar-refractivity contribution in [1.29, 1.82) is 0 Å². The van der Waals surface area contributed by atoms with Gasteiger partial charge in [0.05, 0.1) is 11.0 Å². The van der Waals surface area contributed by atoms with Crippen LogP contribution in [0, 0.1) is 0 Å². The maximum absolute atomic E-state index is 12.7. The number of hydrogen-bond acceptors (Lipinski definition) is 2. The standard InChI is InChI=1S/C19H16N2O/c1-12(2)15-11-17(22)21-18-14(15)9-6-10-16(18)20-19(21)13-7-4-3-5-8-13/h3-12H,1-2H3. The maximum atomic E-state index is 12.7. The van der Waals surface area contributed by atoms with Gasteiger partial charge in [-0.1, -0.05) is 56.3 Å². The molecule has 108 valence electrons. The second kappa shape index (κ2) is 4.67. The van der Waals surface area contributed by atoms with Crippen LogP contribution in [0.15, 0.2) is 59.4 Å². The minimum absolute atomic E-state index is 0.0104. The van der Waals surface area contributed by atoms with Crippen molar-refractivity contribution in [3.8, 4) is 11.4 Å². The van der Waals surface area contributed by atoms with Crippen LogP contribution in [0.2, 0.25) is 0 Å². The molecular formula is C19H16N2O. The fraction of sp³-hybridized carbons (Fsp3) is 0.158. The molecule has 0 aliphatic carbocycles. The molecule has 0 saturated heterocycles. The summed E-state index contributed by atoms with van der Waals surface area (Å²) >= 11 is 0. The van der Waals surface area contributed by atoms with Crippen molar-refractivity contribution in [3.63, 3.8) is 0 Å². The summed E-state index contributed by atoms with van der Waals surface area (Å²) in [7, 11) is 0. The Morgan fingerprint density at radius 3 is 2.50 bits per heavy atom. The zero-order valence-corrected chi connectivity index (χ0v) is 12.6. The highest BCUT2D eigenvalue weighted by Crippen LogP contribution is 2.30. The lowest BCUT2D eigenvalue weighted by Crippen LogP contribution is -2.14. The number of pyridine rings is 1. The van der Waals surface area contributed by atoms with E-state index in [1.54, 1.807) is 10.5 Å². The quantitative estimate of drug-likeness (QED) is 0.557. The molecule has 0 spiro atoms. The lowest BCUT2D eigenvalue weighted by Gasteiger charge is -2.10. The maximum Gasteiger partial charge on any atom is 0.257 e. The van der Waals surface area contributed by atoms with Crippen LogP contribution < -0.4 is 5.56 Å². The van der Waals surface area contributed by atoms with Gasteiger partial charge in [0.25, 0.3) is 5.56 Å². The molecule has 0 N–H and O–H groups in total. The van der Waals surface area contributed by atoms with Crippen LogP contribution in [0.25, 0.3) is 27.8 Å². The largest absolute Gasteiger partial charge is 0.269 e. The highest BCUT2D eigenvalue weighted by Gasteiger charge is 2.17. The normalized spacial score (nSPS) is 11.8. The minimum Gasteiger partial charge on any atom is -0.269 e. The van der Waals surface area contributed by atoms with Crippen LogP contribution >= 0.6 is 0 Å². The van der Waals surface area contributed by atoms with E-state index in [-0.39, 0.29) is 5.56 Å². The number of imidazole rings is 1. The van der Waals surface area contributed by atoms with E-state index in [0.29, 0.717) is 11.7 Å². The van der Waals surface area contributed by atoms with Crippen LogP contribution in [0.1, 0.15) is 25.3 Å². The predicted octanol–water partition coefficient (Wildman–Crippen LogP) is 4.08. The van der Waals surface area contributed by atoms with E-state index in [2.05, 4.69) is 19.9 Å². The Morgan fingerprint density at radius 2 is 1.77 bits per heavy atom. The SMILES string of the molecule is CC(C)c1cc(=O)n2c(-c3ccccc3)nc3cccc1c32. The highest BCUT2D eigenvalue weighted by atomic mass is 16.1. The van der Waals surface area contributed by atoms with Crippen LogP contribution in [0.5, 0.6) is 0 Å². The summed E-state index contributed by atoms with van der Waals surface area (Å²) in [5.41, 5.74) is 3.83. The van der Waals surface area contributed by atoms with Gasteiger partial charge in [0, 0.05) is 17.0 Å². The molecule has 3 heteroatoms. The monoisotopic (exact) mass is 288 g/mol. The van der Waals surface area contributed by atoms with Crippen LogP contribution in [-0.4, -0.2) is 9.38 Å². The van der Waals surface area contributed by atoms with Gasteiger partial charge in [0.2, 0.25) is 0 Å². The molecule has 0 aliphatic rings. The summed E-state index contributed by atoms with van der Waals surface area (Å²) in [4.78, 5) is 17.4. The van der Waals surface area contributed by atoms with Crippen molar-refractivity contribution in [2.75, 3.05) is 0 Å². The Balaban J connectivity index is 2.20. The molecule has 0 bridgehead atoms. The second-order valence-corrected chi connectivity index (χ2v) is 5.90. The molecule has 0 unspecified atom stereocenters. The lowest BCUT2D eigenvalue weighted by atomic mass is 9.99. The van der Waals surface area contributed by atoms with Crippen molar-refractivity contribution in [2.45, 2.75) is 19.8 Å². The van der Waals surface area contributed by atoms with E-state index in [1.807, 2.05) is 42.5 Å². The Labute approximate surface area is 128 Å². The average Bonchev–Trinajstić information content (AvgIpc) is 2.92. The van der Waals surface area contributed by atoms with Crippen molar-refractivity contribution in [2.24, 2.45) is 0 Å². The zero-order chi connectivity index (χ0) is 15.3. The molecule has 4 rings (SSSR count). The first-order valence-corrected chi connectivity index (χ1v) is 7.50. The van der Waals surface area contributed by atoms with E-state index in [9.17, 15) is 4.79 Å². The van der Waals surface area contributed by atoms with Gasteiger partial charge in [-0.2, -0.15) is 0 Å². The summed E-state index contributed by atoms with van der Waals surface area (Å²) < 4.78 is 1.74. The van der Waals surface area contributed by atoms with E-state index in [1.165, 1.54) is 0 Å². The van der Waals surface area contributed by atoms with E-state index in [0.717, 1.165) is 27.5 Å². The van der Waals surface area contributed by atoms with Gasteiger partial charge in [-0.05, 0) is 17.5 Å². The van der Waals surface area contributed by atoms with Crippen molar-refractivity contribution >= 4 is 16.4 Å². The van der Waals surface area contributed by atoms with Crippen LogP contribution in [0.3, 0.4) is 0 Å². The van der Waals surface area contributed by atoms with Crippen molar-refractivity contribution in [3.05, 3.63) is 70.5 Å². The molecule has 3 nitrogen and oxygen atoms in total. The average molecular weight is 288 g/mol. The first kappa shape index (κ1) is 13.0. The molecule has 2 aromatic heterocycles. The molecule has 2 heterocycles. The van der Waals surface area contributed by atoms with Crippen molar-refractivity contribution < 1.29 is 0 Å². The van der Waals surface area contributed by atoms with Gasteiger partial charge >= 0.3 is 0 Å². The molecule has 2 aromatic carbocycles. The molecule has 0 saturated carbocycles. The molecule has 0 amide bonds. The molecule has 22 heavy (non-hydrogen) atoms. The number of para-hydroxylation sites is 1. The fourth-order valence-electron chi connectivity index (χ4n) is 3.11. The topological polar surface area (TPSA) is 34.4 Å². The minimum atomic E-state index is -0.0104. The molecule has 4 aromatic rings. The first-order chi connectivity index (χ1) is 10.7. The summed E-state index contributed by atoms with van der Waals surface area (Å²) in [6.07, 6.45) is 0. The van der Waals surface area contributed by atoms with E-state index < -0.39 is 0 Å². The summed E-state index contributed by atoms with van der Waals surface area (Å²) in [6, 6.07) is 17.7. The second-order valence-electron chi connectivity index (χ2n) is 5.90. The smallest absolute Gasteiger partial charge is 0.257 e. The predicted molar refractivity (Wildman–Crippen MR) is 89.7 cm³/mol. The van der Waals surface area contributed by atoms with Gasteiger partial charge in [-0.3, -0.25) is 9.20 Å². The van der Waals surface area contributed by atoms with Crippen LogP contribution in [0.4, 0.5) is 0 Å². The molecule has 0 atom stereocenters. The van der Waals surface area contributed by atoms with Gasteiger partial charge in [0.1, 0.15) is 5.82 Å². The number of benzene rings is 2. The molecule has 0 fully saturated rings. The number of rotatable bonds is 2. The zero-order valence-electron chi connectivity index (χ0n) is 12.6. The Hall–Kier alpha value is -2.68. The third kappa shape index (κ3) is 1.75. The third-order valence-electron chi connectivity index (χ3n) is 4.14. The van der Waals surface area contributed by atoms with Crippen LogP contribution in [-0.2, 0) is 0 Å². The number of hydrogen-bond donors (Lipinski definition) is 0. The lowest BCUT2D eigenvalue weighted by molar-refractivity contribution is 0.869. The number of aromatic nitrogens is 2. The molecule has 0 aliphatic heterocycles. The molecular weight excluding hydrogens is 272 g/mol.